The Hall–Kier alpha value is -2.03. The summed E-state index contributed by atoms with van der Waals surface area (Å²) in [6, 6.07) is 8.30. The van der Waals surface area contributed by atoms with E-state index >= 15 is 0 Å². The van der Waals surface area contributed by atoms with Crippen LogP contribution in [-0.2, 0) is 17.8 Å². The third-order valence-corrected chi connectivity index (χ3v) is 6.35. The van der Waals surface area contributed by atoms with E-state index in [0.717, 1.165) is 33.1 Å². The fourth-order valence-electron chi connectivity index (χ4n) is 3.10. The number of carbonyl (C=O) groups is 1. The topological polar surface area (TPSA) is 73.3 Å². The fourth-order valence-corrected chi connectivity index (χ4v) is 4.46. The molecule has 8 heteroatoms. The van der Waals surface area contributed by atoms with E-state index in [9.17, 15) is 4.79 Å². The number of benzene rings is 1. The molecule has 1 amide bonds. The number of carbonyl (C=O) groups excluding carboxylic acids is 1. The predicted molar refractivity (Wildman–Crippen MR) is 119 cm³/mol. The van der Waals surface area contributed by atoms with Gasteiger partial charge in [-0.05, 0) is 49.9 Å². The average Bonchev–Trinajstić information content (AvgIpc) is 3.04. The maximum Gasteiger partial charge on any atom is 0.261 e. The van der Waals surface area contributed by atoms with E-state index < -0.39 is 0 Å². The van der Waals surface area contributed by atoms with Crippen molar-refractivity contribution < 1.29 is 14.3 Å². The quantitative estimate of drug-likeness (QED) is 0.510. The Morgan fingerprint density at radius 1 is 1.24 bits per heavy atom. The lowest BCUT2D eigenvalue weighted by Crippen LogP contribution is -2.32. The van der Waals surface area contributed by atoms with Crippen molar-refractivity contribution in [2.45, 2.75) is 39.3 Å². The minimum Gasteiger partial charge on any atom is -0.480 e. The minimum atomic E-state index is -0.0934. The van der Waals surface area contributed by atoms with E-state index in [-0.39, 0.29) is 18.6 Å². The highest BCUT2D eigenvalue weighted by atomic mass is 79.9. The van der Waals surface area contributed by atoms with Crippen molar-refractivity contribution in [1.82, 2.24) is 15.3 Å². The standard InChI is InChI=1S/C21H24BrN3O3S/c1-12(5-6-14-7-9-15(22)10-8-14)23-19(26)18-13(2)17-20(28-4)24-16(11-27-3)25-21(17)29-18/h7-10,12H,5-6,11H2,1-4H3,(H,23,26). The first-order valence-corrected chi connectivity index (χ1v) is 10.9. The molecule has 0 spiro atoms. The summed E-state index contributed by atoms with van der Waals surface area (Å²) in [5.74, 6) is 0.912. The molecule has 29 heavy (non-hydrogen) atoms. The van der Waals surface area contributed by atoms with Gasteiger partial charge in [0.1, 0.15) is 11.4 Å². The van der Waals surface area contributed by atoms with Crippen LogP contribution in [0.1, 0.15) is 40.0 Å². The number of aromatic nitrogens is 2. The molecular formula is C21H24BrN3O3S. The van der Waals surface area contributed by atoms with Crippen molar-refractivity contribution in [2.75, 3.05) is 14.2 Å². The van der Waals surface area contributed by atoms with Gasteiger partial charge in [-0.3, -0.25) is 4.79 Å². The largest absolute Gasteiger partial charge is 0.480 e. The molecule has 0 bridgehead atoms. The van der Waals surface area contributed by atoms with Gasteiger partial charge in [0.15, 0.2) is 5.82 Å². The first kappa shape index (κ1) is 21.7. The normalized spacial score (nSPS) is 12.2. The van der Waals surface area contributed by atoms with E-state index in [2.05, 4.69) is 43.3 Å². The van der Waals surface area contributed by atoms with E-state index in [1.165, 1.54) is 16.9 Å². The molecule has 0 saturated carbocycles. The van der Waals surface area contributed by atoms with Crippen molar-refractivity contribution in [3.05, 3.63) is 50.6 Å². The predicted octanol–water partition coefficient (Wildman–Crippen LogP) is 4.67. The number of ether oxygens (including phenoxy) is 2. The van der Waals surface area contributed by atoms with Crippen LogP contribution in [0.5, 0.6) is 5.88 Å². The zero-order valence-electron chi connectivity index (χ0n) is 16.9. The number of fused-ring (bicyclic) bond motifs is 1. The van der Waals surface area contributed by atoms with Gasteiger partial charge < -0.3 is 14.8 Å². The first-order valence-electron chi connectivity index (χ1n) is 9.31. The maximum absolute atomic E-state index is 12.9. The highest BCUT2D eigenvalue weighted by Gasteiger charge is 2.22. The van der Waals surface area contributed by atoms with Crippen LogP contribution < -0.4 is 10.1 Å². The van der Waals surface area contributed by atoms with Gasteiger partial charge in [-0.2, -0.15) is 4.98 Å². The summed E-state index contributed by atoms with van der Waals surface area (Å²) >= 11 is 4.80. The smallest absolute Gasteiger partial charge is 0.261 e. The second kappa shape index (κ2) is 9.65. The molecule has 0 radical (unpaired) electrons. The van der Waals surface area contributed by atoms with E-state index in [1.54, 1.807) is 14.2 Å². The summed E-state index contributed by atoms with van der Waals surface area (Å²) in [6.07, 6.45) is 1.76. The molecule has 2 aromatic heterocycles. The summed E-state index contributed by atoms with van der Waals surface area (Å²) in [7, 11) is 3.16. The molecule has 0 aliphatic heterocycles. The summed E-state index contributed by atoms with van der Waals surface area (Å²) in [5.41, 5.74) is 2.08. The SMILES string of the molecule is COCc1nc(OC)c2c(C)c(C(=O)NC(C)CCc3ccc(Br)cc3)sc2n1. The monoisotopic (exact) mass is 477 g/mol. The molecule has 3 aromatic rings. The van der Waals surface area contributed by atoms with Crippen molar-refractivity contribution >= 4 is 43.4 Å². The Kier molecular flexibility index (Phi) is 7.21. The number of thiophene rings is 1. The Morgan fingerprint density at radius 2 is 1.97 bits per heavy atom. The average molecular weight is 478 g/mol. The number of nitrogens with zero attached hydrogens (tertiary/aromatic N) is 2. The minimum absolute atomic E-state index is 0.0489. The molecule has 3 rings (SSSR count). The molecule has 0 fully saturated rings. The lowest BCUT2D eigenvalue weighted by atomic mass is 10.1. The highest BCUT2D eigenvalue weighted by Crippen LogP contribution is 2.35. The zero-order valence-corrected chi connectivity index (χ0v) is 19.3. The zero-order chi connectivity index (χ0) is 21.0. The number of aryl methyl sites for hydroxylation is 2. The molecule has 0 aliphatic rings. The molecule has 154 valence electrons. The summed E-state index contributed by atoms with van der Waals surface area (Å²) in [5, 5.41) is 3.89. The van der Waals surface area contributed by atoms with Gasteiger partial charge in [-0.25, -0.2) is 4.98 Å². The molecular weight excluding hydrogens is 454 g/mol. The lowest BCUT2D eigenvalue weighted by Gasteiger charge is -2.13. The van der Waals surface area contributed by atoms with Crippen LogP contribution in [0, 0.1) is 6.92 Å². The first-order chi connectivity index (χ1) is 13.9. The van der Waals surface area contributed by atoms with Gasteiger partial charge in [0.25, 0.3) is 5.91 Å². The Morgan fingerprint density at radius 3 is 2.62 bits per heavy atom. The molecule has 0 saturated heterocycles. The van der Waals surface area contributed by atoms with Crippen molar-refractivity contribution in [1.29, 1.82) is 0 Å². The molecule has 6 nitrogen and oxygen atoms in total. The Bertz CT molecular complexity index is 1000. The summed E-state index contributed by atoms with van der Waals surface area (Å²) < 4.78 is 11.6. The highest BCUT2D eigenvalue weighted by molar-refractivity contribution is 9.10. The molecule has 1 atom stereocenters. The maximum atomic E-state index is 12.9. The number of halogens is 1. The molecule has 1 unspecified atom stereocenters. The van der Waals surface area contributed by atoms with Crippen LogP contribution in [0.15, 0.2) is 28.7 Å². The van der Waals surface area contributed by atoms with Gasteiger partial charge in [0.2, 0.25) is 5.88 Å². The second-order valence-electron chi connectivity index (χ2n) is 6.86. The van der Waals surface area contributed by atoms with Crippen LogP contribution in [-0.4, -0.2) is 36.1 Å². The molecule has 2 heterocycles. The van der Waals surface area contributed by atoms with Crippen LogP contribution >= 0.6 is 27.3 Å². The fraction of sp³-hybridized carbons (Fsp3) is 0.381. The van der Waals surface area contributed by atoms with Gasteiger partial charge in [0.05, 0.1) is 17.4 Å². The van der Waals surface area contributed by atoms with Crippen LogP contribution in [0.2, 0.25) is 0 Å². The van der Waals surface area contributed by atoms with Crippen molar-refractivity contribution in [3.63, 3.8) is 0 Å². The number of hydrogen-bond acceptors (Lipinski definition) is 6. The lowest BCUT2D eigenvalue weighted by molar-refractivity contribution is 0.0942. The van der Waals surface area contributed by atoms with Crippen LogP contribution in [0.25, 0.3) is 10.2 Å². The van der Waals surface area contributed by atoms with Gasteiger partial charge in [0, 0.05) is 17.6 Å². The summed E-state index contributed by atoms with van der Waals surface area (Å²) in [6.45, 7) is 4.22. The number of hydrogen-bond donors (Lipinski definition) is 1. The van der Waals surface area contributed by atoms with Gasteiger partial charge >= 0.3 is 0 Å². The van der Waals surface area contributed by atoms with Crippen molar-refractivity contribution in [2.24, 2.45) is 0 Å². The van der Waals surface area contributed by atoms with Crippen LogP contribution in [0.3, 0.4) is 0 Å². The molecule has 1 aromatic carbocycles. The van der Waals surface area contributed by atoms with E-state index in [4.69, 9.17) is 9.47 Å². The molecule has 0 aliphatic carbocycles. The van der Waals surface area contributed by atoms with Gasteiger partial charge in [-0.15, -0.1) is 11.3 Å². The second-order valence-corrected chi connectivity index (χ2v) is 8.77. The number of amides is 1. The van der Waals surface area contributed by atoms with Crippen molar-refractivity contribution in [3.8, 4) is 5.88 Å². The van der Waals surface area contributed by atoms with Crippen LogP contribution in [0.4, 0.5) is 0 Å². The third kappa shape index (κ3) is 5.12. The number of methoxy groups -OCH3 is 2. The third-order valence-electron chi connectivity index (χ3n) is 4.63. The van der Waals surface area contributed by atoms with Gasteiger partial charge in [-0.1, -0.05) is 28.1 Å². The number of nitrogens with one attached hydrogen (secondary N) is 1. The Balaban J connectivity index is 1.74. The van der Waals surface area contributed by atoms with E-state index in [1.807, 2.05) is 26.0 Å². The van der Waals surface area contributed by atoms with E-state index in [0.29, 0.717) is 16.6 Å². The Labute approximate surface area is 182 Å². The summed E-state index contributed by atoms with van der Waals surface area (Å²) in [4.78, 5) is 23.2. The molecule has 1 N–H and O–H groups in total. The number of rotatable bonds is 8.